The number of hydrogen-bond acceptors (Lipinski definition) is 3. The zero-order valence-corrected chi connectivity index (χ0v) is 8.27. The van der Waals surface area contributed by atoms with Crippen LogP contribution in [0.2, 0.25) is 0 Å². The van der Waals surface area contributed by atoms with Gasteiger partial charge in [0, 0.05) is 6.04 Å². The number of carbonyl (C=O) groups is 1. The van der Waals surface area contributed by atoms with Gasteiger partial charge in [0.15, 0.2) is 0 Å². The number of alkyl halides is 6. The summed E-state index contributed by atoms with van der Waals surface area (Å²) in [6, 6.07) is -0.889. The minimum Gasteiger partial charge on any atom is -0.475 e. The van der Waals surface area contributed by atoms with E-state index in [1.165, 1.54) is 0 Å². The van der Waals surface area contributed by atoms with Gasteiger partial charge in [-0.2, -0.15) is 26.3 Å². The number of aliphatic carboxylic acids is 1. The largest absolute Gasteiger partial charge is 0.490 e. The van der Waals surface area contributed by atoms with Crippen LogP contribution in [0.4, 0.5) is 26.3 Å². The first-order valence-corrected chi connectivity index (χ1v) is 3.89. The van der Waals surface area contributed by atoms with E-state index < -0.39 is 30.8 Å². The van der Waals surface area contributed by atoms with Crippen LogP contribution in [-0.2, 0) is 4.79 Å². The Labute approximate surface area is 92.1 Å². The number of rotatable bonds is 3. The number of carboxylic acids is 1. The third-order valence-corrected chi connectivity index (χ3v) is 1.19. The maximum absolute atomic E-state index is 11.5. The molecule has 0 heterocycles. The van der Waals surface area contributed by atoms with Gasteiger partial charge in [0.25, 0.3) is 0 Å². The highest BCUT2D eigenvalue weighted by Crippen LogP contribution is 2.21. The summed E-state index contributed by atoms with van der Waals surface area (Å²) in [5.74, 6) is 2.01. The first-order chi connectivity index (χ1) is 7.44. The summed E-state index contributed by atoms with van der Waals surface area (Å²) >= 11 is 0. The fourth-order valence-corrected chi connectivity index (χ4v) is 0.460. The highest BCUT2D eigenvalue weighted by atomic mass is 19.4. The van der Waals surface area contributed by atoms with Crippen molar-refractivity contribution >= 4 is 5.97 Å². The summed E-state index contributed by atoms with van der Waals surface area (Å²) in [4.78, 5) is 8.90. The molecule has 17 heavy (non-hydrogen) atoms. The van der Waals surface area contributed by atoms with Crippen molar-refractivity contribution in [2.24, 2.45) is 5.84 Å². The molecule has 0 aliphatic heterocycles. The van der Waals surface area contributed by atoms with Gasteiger partial charge >= 0.3 is 18.3 Å². The lowest BCUT2D eigenvalue weighted by Crippen LogP contribution is -2.36. The molecule has 0 rings (SSSR count). The number of nitrogens with one attached hydrogen (secondary N) is 1. The van der Waals surface area contributed by atoms with Gasteiger partial charge in [-0.25, -0.2) is 4.79 Å². The van der Waals surface area contributed by atoms with Crippen LogP contribution in [0.1, 0.15) is 6.42 Å². The molecule has 0 spiro atoms. The molecule has 1 unspecified atom stereocenters. The lowest BCUT2D eigenvalue weighted by molar-refractivity contribution is -0.192. The Balaban J connectivity index is 0. The number of hydrogen-bond donors (Lipinski definition) is 3. The summed E-state index contributed by atoms with van der Waals surface area (Å²) in [5, 5.41) is 7.12. The van der Waals surface area contributed by atoms with E-state index in [4.69, 9.17) is 15.7 Å². The molecule has 0 aliphatic carbocycles. The van der Waals surface area contributed by atoms with Crippen molar-refractivity contribution < 1.29 is 36.2 Å². The third-order valence-electron chi connectivity index (χ3n) is 1.19. The first-order valence-electron chi connectivity index (χ1n) is 3.89. The molecule has 0 radical (unpaired) electrons. The SMILES string of the molecule is C=CC(CC(F)(F)F)NN.O=C(O)C(F)(F)F. The van der Waals surface area contributed by atoms with Crippen LogP contribution in [0.15, 0.2) is 12.7 Å². The van der Waals surface area contributed by atoms with Gasteiger partial charge in [0.05, 0.1) is 6.42 Å². The number of halogens is 6. The van der Waals surface area contributed by atoms with Crippen molar-refractivity contribution in [1.29, 1.82) is 0 Å². The van der Waals surface area contributed by atoms with Crippen molar-refractivity contribution in [2.75, 3.05) is 0 Å². The molecular weight excluding hydrogens is 258 g/mol. The van der Waals surface area contributed by atoms with Gasteiger partial charge in [0.2, 0.25) is 0 Å². The van der Waals surface area contributed by atoms with E-state index in [2.05, 4.69) is 6.58 Å². The summed E-state index contributed by atoms with van der Waals surface area (Å²) in [6.45, 7) is 3.17. The molecule has 0 aromatic heterocycles. The molecule has 1 atom stereocenters. The molecule has 0 bridgehead atoms. The van der Waals surface area contributed by atoms with Crippen LogP contribution >= 0.6 is 0 Å². The maximum Gasteiger partial charge on any atom is 0.490 e. The predicted octanol–water partition coefficient (Wildman–Crippen LogP) is 1.59. The van der Waals surface area contributed by atoms with Gasteiger partial charge in [-0.3, -0.25) is 11.3 Å². The van der Waals surface area contributed by atoms with Crippen molar-refractivity contribution in [3.8, 4) is 0 Å². The zero-order chi connectivity index (χ0) is 14.3. The average molecular weight is 268 g/mol. The van der Waals surface area contributed by atoms with E-state index in [-0.39, 0.29) is 0 Å². The number of carboxylic acid groups (broad SMARTS) is 1. The monoisotopic (exact) mass is 268 g/mol. The Morgan fingerprint density at radius 2 is 1.71 bits per heavy atom. The molecule has 0 fully saturated rings. The Hall–Kier alpha value is -1.29. The molecule has 102 valence electrons. The maximum atomic E-state index is 11.5. The molecular formula is C7H10F6N2O2. The Bertz CT molecular complexity index is 250. The predicted molar refractivity (Wildman–Crippen MR) is 45.7 cm³/mol. The summed E-state index contributed by atoms with van der Waals surface area (Å²) < 4.78 is 66.3. The smallest absolute Gasteiger partial charge is 0.475 e. The van der Waals surface area contributed by atoms with Gasteiger partial charge in [-0.05, 0) is 0 Å². The molecule has 0 aromatic rings. The van der Waals surface area contributed by atoms with E-state index in [9.17, 15) is 26.3 Å². The minimum atomic E-state index is -5.08. The summed E-state index contributed by atoms with van der Waals surface area (Å²) in [7, 11) is 0. The second kappa shape index (κ2) is 7.12. The van der Waals surface area contributed by atoms with Gasteiger partial charge in [-0.15, -0.1) is 6.58 Å². The second-order valence-electron chi connectivity index (χ2n) is 2.63. The molecule has 0 saturated heterocycles. The Kier molecular flexibility index (Phi) is 7.57. The van der Waals surface area contributed by atoms with Gasteiger partial charge < -0.3 is 5.11 Å². The van der Waals surface area contributed by atoms with Crippen molar-refractivity contribution in [1.82, 2.24) is 5.43 Å². The van der Waals surface area contributed by atoms with Crippen molar-refractivity contribution in [3.05, 3.63) is 12.7 Å². The van der Waals surface area contributed by atoms with Crippen LogP contribution in [-0.4, -0.2) is 29.5 Å². The first kappa shape index (κ1) is 18.1. The fraction of sp³-hybridized carbons (Fsp3) is 0.571. The normalized spacial score (nSPS) is 13.4. The third kappa shape index (κ3) is 12.6. The average Bonchev–Trinajstić information content (AvgIpc) is 2.12. The molecule has 0 aliphatic rings. The topological polar surface area (TPSA) is 75.3 Å². The van der Waals surface area contributed by atoms with Crippen LogP contribution < -0.4 is 11.3 Å². The van der Waals surface area contributed by atoms with E-state index in [0.29, 0.717) is 0 Å². The standard InChI is InChI=1S/C5H9F3N2.C2HF3O2/c1-2-4(10-9)3-5(6,7)8;3-2(4,5)1(6)7/h2,4,10H,1,3,9H2;(H,6,7). The lowest BCUT2D eigenvalue weighted by atomic mass is 10.2. The highest BCUT2D eigenvalue weighted by Gasteiger charge is 2.38. The Morgan fingerprint density at radius 1 is 1.35 bits per heavy atom. The molecule has 0 aromatic carbocycles. The fourth-order valence-electron chi connectivity index (χ4n) is 0.460. The van der Waals surface area contributed by atoms with E-state index in [1.807, 2.05) is 5.43 Å². The van der Waals surface area contributed by atoms with Crippen LogP contribution in [0, 0.1) is 0 Å². The quantitative estimate of drug-likeness (QED) is 0.314. The summed E-state index contributed by atoms with van der Waals surface area (Å²) in [6.07, 6.45) is -9.13. The van der Waals surface area contributed by atoms with E-state index >= 15 is 0 Å². The van der Waals surface area contributed by atoms with Crippen LogP contribution in [0.3, 0.4) is 0 Å². The number of nitrogens with two attached hydrogens (primary N) is 1. The van der Waals surface area contributed by atoms with Crippen molar-refractivity contribution in [2.45, 2.75) is 24.8 Å². The zero-order valence-electron chi connectivity index (χ0n) is 8.27. The number of hydrazine groups is 1. The van der Waals surface area contributed by atoms with Crippen molar-refractivity contribution in [3.63, 3.8) is 0 Å². The molecule has 10 heteroatoms. The molecule has 0 amide bonds. The second-order valence-corrected chi connectivity index (χ2v) is 2.63. The minimum absolute atomic E-state index is 0.889. The van der Waals surface area contributed by atoms with Crippen LogP contribution in [0.25, 0.3) is 0 Å². The van der Waals surface area contributed by atoms with E-state index in [1.54, 1.807) is 0 Å². The lowest BCUT2D eigenvalue weighted by Gasteiger charge is -2.12. The van der Waals surface area contributed by atoms with Crippen LogP contribution in [0.5, 0.6) is 0 Å². The summed E-state index contributed by atoms with van der Waals surface area (Å²) in [5.41, 5.74) is 1.97. The molecule has 0 saturated carbocycles. The highest BCUT2D eigenvalue weighted by molar-refractivity contribution is 5.73. The van der Waals surface area contributed by atoms with Gasteiger partial charge in [0.1, 0.15) is 0 Å². The molecule has 4 N–H and O–H groups in total. The molecule has 4 nitrogen and oxygen atoms in total. The Morgan fingerprint density at radius 3 is 1.76 bits per heavy atom. The van der Waals surface area contributed by atoms with E-state index in [0.717, 1.165) is 6.08 Å². The van der Waals surface area contributed by atoms with Gasteiger partial charge in [-0.1, -0.05) is 6.08 Å².